The van der Waals surface area contributed by atoms with Crippen LogP contribution in [0.15, 0.2) is 18.2 Å². The van der Waals surface area contributed by atoms with Crippen LogP contribution in [0, 0.1) is 5.92 Å². The average Bonchev–Trinajstić information content (AvgIpc) is 2.98. The lowest BCUT2D eigenvalue weighted by Crippen LogP contribution is -2.34. The highest BCUT2D eigenvalue weighted by Crippen LogP contribution is 2.31. The second kappa shape index (κ2) is 6.80. The van der Waals surface area contributed by atoms with Gasteiger partial charge in [-0.15, -0.1) is 0 Å². The molecule has 0 bridgehead atoms. The van der Waals surface area contributed by atoms with E-state index in [0.717, 1.165) is 23.8 Å². The van der Waals surface area contributed by atoms with Crippen LogP contribution in [0.25, 0.3) is 0 Å². The van der Waals surface area contributed by atoms with E-state index in [9.17, 15) is 0 Å². The molecule has 3 nitrogen and oxygen atoms in total. The molecule has 1 aliphatic carbocycles. The molecule has 19 heavy (non-hydrogen) atoms. The van der Waals surface area contributed by atoms with Gasteiger partial charge in [0.15, 0.2) is 11.5 Å². The Kier molecular flexibility index (Phi) is 5.08. The van der Waals surface area contributed by atoms with E-state index >= 15 is 0 Å². The fourth-order valence-corrected chi connectivity index (χ4v) is 3.13. The molecule has 0 aromatic heterocycles. The van der Waals surface area contributed by atoms with Gasteiger partial charge in [-0.3, -0.25) is 0 Å². The molecule has 1 unspecified atom stereocenters. The van der Waals surface area contributed by atoms with Gasteiger partial charge in [0, 0.05) is 6.04 Å². The Balaban J connectivity index is 2.08. The lowest BCUT2D eigenvalue weighted by atomic mass is 9.92. The minimum atomic E-state index is 0.570. The van der Waals surface area contributed by atoms with E-state index in [4.69, 9.17) is 9.47 Å². The molecule has 1 saturated carbocycles. The molecule has 106 valence electrons. The SMILES string of the molecule is CNC(Cc1ccc(OC)c(OC)c1)C1CCCC1. The van der Waals surface area contributed by atoms with Crippen LogP contribution in [0.3, 0.4) is 0 Å². The lowest BCUT2D eigenvalue weighted by molar-refractivity contribution is 0.352. The van der Waals surface area contributed by atoms with Crippen LogP contribution in [0.5, 0.6) is 11.5 Å². The molecule has 0 aliphatic heterocycles. The summed E-state index contributed by atoms with van der Waals surface area (Å²) in [5.41, 5.74) is 1.31. The molecule has 1 aliphatic rings. The summed E-state index contributed by atoms with van der Waals surface area (Å²) in [4.78, 5) is 0. The summed E-state index contributed by atoms with van der Waals surface area (Å²) < 4.78 is 10.7. The number of methoxy groups -OCH3 is 2. The number of benzene rings is 1. The molecular weight excluding hydrogens is 238 g/mol. The van der Waals surface area contributed by atoms with Gasteiger partial charge in [0.05, 0.1) is 14.2 Å². The van der Waals surface area contributed by atoms with Crippen LogP contribution < -0.4 is 14.8 Å². The van der Waals surface area contributed by atoms with Crippen molar-refractivity contribution in [3.8, 4) is 11.5 Å². The van der Waals surface area contributed by atoms with Crippen molar-refractivity contribution < 1.29 is 9.47 Å². The zero-order valence-electron chi connectivity index (χ0n) is 12.2. The Bertz CT molecular complexity index is 400. The number of ether oxygens (including phenoxy) is 2. The summed E-state index contributed by atoms with van der Waals surface area (Å²) in [7, 11) is 5.43. The largest absolute Gasteiger partial charge is 0.493 e. The second-order valence-electron chi connectivity index (χ2n) is 5.33. The van der Waals surface area contributed by atoms with E-state index < -0.39 is 0 Å². The number of nitrogens with one attached hydrogen (secondary N) is 1. The van der Waals surface area contributed by atoms with Gasteiger partial charge < -0.3 is 14.8 Å². The van der Waals surface area contributed by atoms with Crippen molar-refractivity contribution in [2.75, 3.05) is 21.3 Å². The van der Waals surface area contributed by atoms with E-state index in [1.165, 1.54) is 31.2 Å². The number of rotatable bonds is 6. The average molecular weight is 263 g/mol. The standard InChI is InChI=1S/C16H25NO2/c1-17-14(13-6-4-5-7-13)10-12-8-9-15(18-2)16(11-12)19-3/h8-9,11,13-14,17H,4-7,10H2,1-3H3. The smallest absolute Gasteiger partial charge is 0.160 e. The first-order chi connectivity index (χ1) is 9.28. The first-order valence-electron chi connectivity index (χ1n) is 7.16. The summed E-state index contributed by atoms with van der Waals surface area (Å²) in [5.74, 6) is 2.44. The van der Waals surface area contributed by atoms with E-state index in [1.54, 1.807) is 14.2 Å². The number of hydrogen-bond donors (Lipinski definition) is 1. The highest BCUT2D eigenvalue weighted by atomic mass is 16.5. The van der Waals surface area contributed by atoms with Gasteiger partial charge >= 0.3 is 0 Å². The molecule has 1 atom stereocenters. The van der Waals surface area contributed by atoms with Gasteiger partial charge in [-0.2, -0.15) is 0 Å². The topological polar surface area (TPSA) is 30.5 Å². The van der Waals surface area contributed by atoms with Crippen molar-refractivity contribution in [3.05, 3.63) is 23.8 Å². The van der Waals surface area contributed by atoms with Crippen LogP contribution in [0.1, 0.15) is 31.2 Å². The Morgan fingerprint density at radius 3 is 2.42 bits per heavy atom. The Hall–Kier alpha value is -1.22. The summed E-state index contributed by atoms with van der Waals surface area (Å²) in [5, 5.41) is 3.49. The third kappa shape index (κ3) is 3.41. The normalized spacial score (nSPS) is 17.4. The Morgan fingerprint density at radius 2 is 1.84 bits per heavy atom. The predicted octanol–water partition coefficient (Wildman–Crippen LogP) is 3.02. The minimum absolute atomic E-state index is 0.570. The zero-order valence-corrected chi connectivity index (χ0v) is 12.2. The Morgan fingerprint density at radius 1 is 1.16 bits per heavy atom. The maximum Gasteiger partial charge on any atom is 0.160 e. The van der Waals surface area contributed by atoms with Crippen LogP contribution >= 0.6 is 0 Å². The number of likely N-dealkylation sites (N-methyl/N-ethyl adjacent to an activating group) is 1. The molecule has 1 aromatic carbocycles. The van der Waals surface area contributed by atoms with Crippen molar-refractivity contribution in [1.82, 2.24) is 5.32 Å². The van der Waals surface area contributed by atoms with Crippen molar-refractivity contribution in [2.24, 2.45) is 5.92 Å². The molecule has 0 amide bonds. The van der Waals surface area contributed by atoms with E-state index in [0.29, 0.717) is 6.04 Å². The fraction of sp³-hybridized carbons (Fsp3) is 0.625. The Labute approximate surface area is 116 Å². The van der Waals surface area contributed by atoms with Crippen LogP contribution in [0.2, 0.25) is 0 Å². The van der Waals surface area contributed by atoms with Crippen molar-refractivity contribution in [1.29, 1.82) is 0 Å². The van der Waals surface area contributed by atoms with Crippen LogP contribution in [-0.4, -0.2) is 27.3 Å². The lowest BCUT2D eigenvalue weighted by Gasteiger charge is -2.23. The summed E-state index contributed by atoms with van der Waals surface area (Å²) in [6, 6.07) is 6.80. The molecule has 1 fully saturated rings. The van der Waals surface area contributed by atoms with Crippen molar-refractivity contribution in [2.45, 2.75) is 38.1 Å². The molecule has 0 heterocycles. The third-order valence-electron chi connectivity index (χ3n) is 4.24. The third-order valence-corrected chi connectivity index (χ3v) is 4.24. The van der Waals surface area contributed by atoms with Gasteiger partial charge in [0.25, 0.3) is 0 Å². The quantitative estimate of drug-likeness (QED) is 0.855. The van der Waals surface area contributed by atoms with Gasteiger partial charge in [-0.05, 0) is 49.9 Å². The summed E-state index contributed by atoms with van der Waals surface area (Å²) in [6.45, 7) is 0. The highest BCUT2D eigenvalue weighted by Gasteiger charge is 2.24. The van der Waals surface area contributed by atoms with Crippen molar-refractivity contribution >= 4 is 0 Å². The minimum Gasteiger partial charge on any atom is -0.493 e. The first kappa shape index (κ1) is 14.2. The molecule has 0 radical (unpaired) electrons. The van der Waals surface area contributed by atoms with E-state index in [2.05, 4.69) is 24.5 Å². The highest BCUT2D eigenvalue weighted by molar-refractivity contribution is 5.43. The van der Waals surface area contributed by atoms with Crippen molar-refractivity contribution in [3.63, 3.8) is 0 Å². The van der Waals surface area contributed by atoms with Gasteiger partial charge in [0.1, 0.15) is 0 Å². The van der Waals surface area contributed by atoms with Crippen LogP contribution in [-0.2, 0) is 6.42 Å². The fourth-order valence-electron chi connectivity index (χ4n) is 3.13. The van der Waals surface area contributed by atoms with Gasteiger partial charge in [-0.1, -0.05) is 18.9 Å². The van der Waals surface area contributed by atoms with E-state index in [-0.39, 0.29) is 0 Å². The zero-order chi connectivity index (χ0) is 13.7. The van der Waals surface area contributed by atoms with Gasteiger partial charge in [-0.25, -0.2) is 0 Å². The maximum absolute atomic E-state index is 5.37. The predicted molar refractivity (Wildman–Crippen MR) is 78.1 cm³/mol. The monoisotopic (exact) mass is 263 g/mol. The summed E-state index contributed by atoms with van der Waals surface area (Å²) >= 11 is 0. The van der Waals surface area contributed by atoms with Crippen LogP contribution in [0.4, 0.5) is 0 Å². The molecule has 0 spiro atoms. The van der Waals surface area contributed by atoms with E-state index in [1.807, 2.05) is 6.07 Å². The molecule has 2 rings (SSSR count). The molecule has 3 heteroatoms. The second-order valence-corrected chi connectivity index (χ2v) is 5.33. The molecule has 1 aromatic rings. The molecule has 1 N–H and O–H groups in total. The first-order valence-corrected chi connectivity index (χ1v) is 7.16. The van der Waals surface area contributed by atoms with Gasteiger partial charge in [0.2, 0.25) is 0 Å². The maximum atomic E-state index is 5.37. The molecule has 0 saturated heterocycles. The summed E-state index contributed by atoms with van der Waals surface area (Å²) in [6.07, 6.45) is 6.54. The molecular formula is C16H25NO2. The number of hydrogen-bond acceptors (Lipinski definition) is 3.